The summed E-state index contributed by atoms with van der Waals surface area (Å²) in [5.41, 5.74) is 2.51. The predicted octanol–water partition coefficient (Wildman–Crippen LogP) is 7.31. The Morgan fingerprint density at radius 2 is 1.50 bits per heavy atom. The van der Waals surface area contributed by atoms with Gasteiger partial charge in [-0.3, -0.25) is 13.9 Å². The molecule has 5 rings (SSSR count). The summed E-state index contributed by atoms with van der Waals surface area (Å²) in [5, 5.41) is 3.58. The van der Waals surface area contributed by atoms with Crippen molar-refractivity contribution in [1.82, 2.24) is 10.2 Å². The molecule has 0 saturated heterocycles. The van der Waals surface area contributed by atoms with E-state index in [0.29, 0.717) is 16.3 Å². The highest BCUT2D eigenvalue weighted by molar-refractivity contribution is 9.10. The molecule has 4 aromatic carbocycles. The predicted molar refractivity (Wildman–Crippen MR) is 186 cm³/mol. The van der Waals surface area contributed by atoms with Gasteiger partial charge in [-0.1, -0.05) is 107 Å². The monoisotopic (exact) mass is 721 g/mol. The van der Waals surface area contributed by atoms with E-state index in [9.17, 15) is 18.0 Å². The van der Waals surface area contributed by atoms with Crippen molar-refractivity contribution < 1.29 is 18.0 Å². The second kappa shape index (κ2) is 15.3. The summed E-state index contributed by atoms with van der Waals surface area (Å²) in [4.78, 5) is 30.3. The number of hydrogen-bond acceptors (Lipinski definition) is 4. The average molecular weight is 723 g/mol. The molecular weight excluding hydrogens is 686 g/mol. The zero-order valence-electron chi connectivity index (χ0n) is 25.6. The van der Waals surface area contributed by atoms with Crippen LogP contribution in [0.5, 0.6) is 0 Å². The molecule has 1 saturated carbocycles. The van der Waals surface area contributed by atoms with E-state index in [0.717, 1.165) is 45.6 Å². The van der Waals surface area contributed by atoms with Crippen LogP contribution >= 0.6 is 27.5 Å². The van der Waals surface area contributed by atoms with Crippen LogP contribution in [0, 0.1) is 6.92 Å². The van der Waals surface area contributed by atoms with Gasteiger partial charge in [-0.05, 0) is 72.9 Å². The first-order valence-electron chi connectivity index (χ1n) is 15.3. The molecule has 10 heteroatoms. The molecule has 0 spiro atoms. The summed E-state index contributed by atoms with van der Waals surface area (Å²) < 4.78 is 30.4. The Morgan fingerprint density at radius 3 is 2.15 bits per heavy atom. The third kappa shape index (κ3) is 8.18. The molecule has 0 bridgehead atoms. The highest BCUT2D eigenvalue weighted by Gasteiger charge is 2.36. The van der Waals surface area contributed by atoms with Crippen molar-refractivity contribution in [3.8, 4) is 0 Å². The fourth-order valence-electron chi connectivity index (χ4n) is 5.81. The highest BCUT2D eigenvalue weighted by Crippen LogP contribution is 2.31. The molecule has 4 aromatic rings. The number of halogens is 2. The summed E-state index contributed by atoms with van der Waals surface area (Å²) in [7, 11) is -4.20. The van der Waals surface area contributed by atoms with Crippen molar-refractivity contribution in [2.75, 3.05) is 10.8 Å². The number of amides is 2. The van der Waals surface area contributed by atoms with Crippen LogP contribution in [0.2, 0.25) is 5.02 Å². The van der Waals surface area contributed by atoms with Gasteiger partial charge in [0.2, 0.25) is 11.8 Å². The Labute approximate surface area is 284 Å². The van der Waals surface area contributed by atoms with E-state index >= 15 is 0 Å². The Bertz CT molecular complexity index is 1750. The van der Waals surface area contributed by atoms with Gasteiger partial charge in [-0.25, -0.2) is 8.42 Å². The Kier molecular flexibility index (Phi) is 11.2. The molecule has 2 amide bonds. The van der Waals surface area contributed by atoms with E-state index in [1.54, 1.807) is 43.3 Å². The fourth-order valence-corrected chi connectivity index (χ4v) is 7.73. The van der Waals surface area contributed by atoms with Crippen molar-refractivity contribution in [1.29, 1.82) is 0 Å². The molecule has 240 valence electrons. The third-order valence-corrected chi connectivity index (χ3v) is 11.1. The molecule has 0 aliphatic heterocycles. The van der Waals surface area contributed by atoms with Crippen molar-refractivity contribution in [2.24, 2.45) is 0 Å². The first-order valence-corrected chi connectivity index (χ1v) is 18.0. The number of nitrogens with zero attached hydrogens (tertiary/aromatic N) is 2. The van der Waals surface area contributed by atoms with E-state index in [4.69, 9.17) is 11.6 Å². The van der Waals surface area contributed by atoms with Gasteiger partial charge in [-0.2, -0.15) is 0 Å². The number of nitrogens with one attached hydrogen (secondary N) is 1. The number of sulfonamides is 1. The van der Waals surface area contributed by atoms with E-state index < -0.39 is 28.5 Å². The van der Waals surface area contributed by atoms with Crippen LogP contribution < -0.4 is 9.62 Å². The normalized spacial score (nSPS) is 14.1. The van der Waals surface area contributed by atoms with Gasteiger partial charge in [0.15, 0.2) is 0 Å². The van der Waals surface area contributed by atoms with Crippen LogP contribution in [0.25, 0.3) is 0 Å². The molecule has 0 radical (unpaired) electrons. The molecule has 1 atom stereocenters. The van der Waals surface area contributed by atoms with Gasteiger partial charge < -0.3 is 10.2 Å². The van der Waals surface area contributed by atoms with Gasteiger partial charge in [0, 0.05) is 28.5 Å². The van der Waals surface area contributed by atoms with E-state index in [2.05, 4.69) is 21.2 Å². The second-order valence-corrected chi connectivity index (χ2v) is 14.7. The lowest BCUT2D eigenvalue weighted by molar-refractivity contribution is -0.140. The second-order valence-electron chi connectivity index (χ2n) is 11.6. The van der Waals surface area contributed by atoms with Gasteiger partial charge in [-0.15, -0.1) is 0 Å². The maximum absolute atomic E-state index is 14.6. The molecular formula is C36H37BrClN3O4S. The van der Waals surface area contributed by atoms with Crippen LogP contribution in [-0.4, -0.2) is 43.8 Å². The quantitative estimate of drug-likeness (QED) is 0.166. The molecule has 46 heavy (non-hydrogen) atoms. The van der Waals surface area contributed by atoms with Crippen molar-refractivity contribution in [2.45, 2.75) is 62.6 Å². The van der Waals surface area contributed by atoms with Gasteiger partial charge >= 0.3 is 0 Å². The molecule has 7 nitrogen and oxygen atoms in total. The number of hydrogen-bond donors (Lipinski definition) is 1. The SMILES string of the molecule is Cc1c(Cl)cccc1N(CC(=O)N(Cc1ccc(Br)cc1)[C@H](Cc1ccccc1)C(=O)NC1CCCC1)S(=O)(=O)c1ccccc1. The number of rotatable bonds is 12. The first-order chi connectivity index (χ1) is 22.1. The largest absolute Gasteiger partial charge is 0.352 e. The summed E-state index contributed by atoms with van der Waals surface area (Å²) in [6.07, 6.45) is 4.13. The average Bonchev–Trinajstić information content (AvgIpc) is 3.57. The van der Waals surface area contributed by atoms with Gasteiger partial charge in [0.05, 0.1) is 10.6 Å². The van der Waals surface area contributed by atoms with Crippen LogP contribution in [0.15, 0.2) is 112 Å². The lowest BCUT2D eigenvalue weighted by Gasteiger charge is -2.34. The first kappa shape index (κ1) is 33.7. The van der Waals surface area contributed by atoms with Gasteiger partial charge in [0.25, 0.3) is 10.0 Å². The topological polar surface area (TPSA) is 86.8 Å². The fraction of sp³-hybridized carbons (Fsp3) is 0.278. The minimum absolute atomic E-state index is 0.0412. The lowest BCUT2D eigenvalue weighted by atomic mass is 10.0. The molecule has 0 aromatic heterocycles. The summed E-state index contributed by atoms with van der Waals surface area (Å²) in [5.74, 6) is -0.762. The molecule has 1 aliphatic carbocycles. The van der Waals surface area contributed by atoms with Crippen LogP contribution in [-0.2, 0) is 32.6 Å². The minimum atomic E-state index is -4.20. The summed E-state index contributed by atoms with van der Waals surface area (Å²) in [6, 6.07) is 29.2. The summed E-state index contributed by atoms with van der Waals surface area (Å²) >= 11 is 9.94. The number of carbonyl (C=O) groups excluding carboxylic acids is 2. The van der Waals surface area contributed by atoms with Gasteiger partial charge in [0.1, 0.15) is 12.6 Å². The minimum Gasteiger partial charge on any atom is -0.352 e. The van der Waals surface area contributed by atoms with E-state index in [1.165, 1.54) is 17.0 Å². The standard InChI is InChI=1S/C36H37BrClN3O4S/c1-26-32(38)17-10-18-33(26)41(46(44,45)31-15-6-3-7-16-31)25-35(42)40(24-28-19-21-29(37)22-20-28)34(23-27-11-4-2-5-12-27)36(43)39-30-13-8-9-14-30/h2-7,10-12,15-22,30,34H,8-9,13-14,23-25H2,1H3,(H,39,43)/t34-/m1/s1. The molecule has 0 heterocycles. The zero-order valence-corrected chi connectivity index (χ0v) is 28.8. The van der Waals surface area contributed by atoms with E-state index in [1.807, 2.05) is 54.6 Å². The van der Waals surface area contributed by atoms with Crippen LogP contribution in [0.4, 0.5) is 5.69 Å². The number of carbonyl (C=O) groups is 2. The summed E-state index contributed by atoms with van der Waals surface area (Å²) in [6.45, 7) is 1.30. The van der Waals surface area contributed by atoms with Crippen molar-refractivity contribution in [3.63, 3.8) is 0 Å². The number of anilines is 1. The molecule has 0 unspecified atom stereocenters. The third-order valence-electron chi connectivity index (χ3n) is 8.36. The smallest absolute Gasteiger partial charge is 0.264 e. The Morgan fingerprint density at radius 1 is 0.870 bits per heavy atom. The van der Waals surface area contributed by atoms with Crippen LogP contribution in [0.1, 0.15) is 42.4 Å². The molecule has 1 N–H and O–H groups in total. The lowest BCUT2D eigenvalue weighted by Crippen LogP contribution is -2.54. The van der Waals surface area contributed by atoms with Crippen LogP contribution in [0.3, 0.4) is 0 Å². The molecule has 1 aliphatic rings. The maximum Gasteiger partial charge on any atom is 0.264 e. The number of benzene rings is 4. The Hall–Kier alpha value is -3.66. The van der Waals surface area contributed by atoms with Crippen molar-refractivity contribution >= 4 is 55.1 Å². The Balaban J connectivity index is 1.58. The maximum atomic E-state index is 14.6. The van der Waals surface area contributed by atoms with E-state index in [-0.39, 0.29) is 29.8 Å². The zero-order chi connectivity index (χ0) is 32.7. The molecule has 1 fully saturated rings. The highest BCUT2D eigenvalue weighted by atomic mass is 79.9. The van der Waals surface area contributed by atoms with Crippen molar-refractivity contribution in [3.05, 3.63) is 129 Å².